The van der Waals surface area contributed by atoms with Crippen molar-refractivity contribution in [2.45, 2.75) is 20.0 Å². The summed E-state index contributed by atoms with van der Waals surface area (Å²) >= 11 is 0. The summed E-state index contributed by atoms with van der Waals surface area (Å²) in [6.07, 6.45) is -1.11. The van der Waals surface area contributed by atoms with Crippen molar-refractivity contribution in [3.05, 3.63) is 57.6 Å². The lowest BCUT2D eigenvalue weighted by atomic mass is 10.1. The molecule has 1 aliphatic heterocycles. The molecule has 2 aromatic carbocycles. The number of benzene rings is 2. The second-order valence-corrected chi connectivity index (χ2v) is 6.10. The standard InChI is InChI=1S/C19H18N2O7/c1-11-14(4-3-5-15(11)21(24)25)19(23)28-12(2)18(22)20-13-6-7-16-17(10-13)27-9-8-26-16/h3-7,10,12H,8-9H2,1-2H3,(H,20,22)/t12-/m0/s1. The molecule has 0 saturated heterocycles. The predicted octanol–water partition coefficient (Wildman–Crippen LogP) is 2.86. The van der Waals surface area contributed by atoms with Gasteiger partial charge in [-0.2, -0.15) is 0 Å². The number of nitro groups is 1. The number of amides is 1. The molecule has 0 saturated carbocycles. The van der Waals surface area contributed by atoms with Crippen molar-refractivity contribution in [1.29, 1.82) is 0 Å². The van der Waals surface area contributed by atoms with E-state index in [1.165, 1.54) is 32.0 Å². The summed E-state index contributed by atoms with van der Waals surface area (Å²) in [5.74, 6) is -0.259. The monoisotopic (exact) mass is 386 g/mol. The van der Waals surface area contributed by atoms with Gasteiger partial charge in [-0.15, -0.1) is 0 Å². The van der Waals surface area contributed by atoms with E-state index < -0.39 is 22.9 Å². The van der Waals surface area contributed by atoms with Crippen molar-refractivity contribution < 1.29 is 28.7 Å². The van der Waals surface area contributed by atoms with Gasteiger partial charge in [0.25, 0.3) is 11.6 Å². The van der Waals surface area contributed by atoms with Crippen LogP contribution < -0.4 is 14.8 Å². The number of fused-ring (bicyclic) bond motifs is 1. The highest BCUT2D eigenvalue weighted by atomic mass is 16.6. The van der Waals surface area contributed by atoms with Gasteiger partial charge in [0.1, 0.15) is 13.2 Å². The number of nitrogens with zero attached hydrogens (tertiary/aromatic N) is 1. The lowest BCUT2D eigenvalue weighted by molar-refractivity contribution is -0.385. The molecule has 2 aromatic rings. The van der Waals surface area contributed by atoms with Crippen molar-refractivity contribution in [3.8, 4) is 11.5 Å². The van der Waals surface area contributed by atoms with Crippen LogP contribution in [0.2, 0.25) is 0 Å². The maximum atomic E-state index is 12.3. The Morgan fingerprint density at radius 3 is 2.61 bits per heavy atom. The molecule has 1 atom stereocenters. The highest BCUT2D eigenvalue weighted by molar-refractivity contribution is 5.98. The van der Waals surface area contributed by atoms with E-state index in [1.54, 1.807) is 18.2 Å². The zero-order chi connectivity index (χ0) is 20.3. The van der Waals surface area contributed by atoms with Crippen LogP contribution in [0.4, 0.5) is 11.4 Å². The van der Waals surface area contributed by atoms with Gasteiger partial charge in [-0.3, -0.25) is 14.9 Å². The van der Waals surface area contributed by atoms with Crippen LogP contribution >= 0.6 is 0 Å². The Hall–Kier alpha value is -3.62. The molecular formula is C19H18N2O7. The maximum absolute atomic E-state index is 12.3. The Labute approximate surface area is 160 Å². The molecule has 0 fully saturated rings. The van der Waals surface area contributed by atoms with Gasteiger partial charge in [0, 0.05) is 23.4 Å². The minimum absolute atomic E-state index is 0.0354. The van der Waals surface area contributed by atoms with Gasteiger partial charge in [-0.25, -0.2) is 4.79 Å². The average molecular weight is 386 g/mol. The number of ether oxygens (including phenoxy) is 3. The van der Waals surface area contributed by atoms with E-state index in [9.17, 15) is 19.7 Å². The van der Waals surface area contributed by atoms with Gasteiger partial charge in [-0.05, 0) is 32.0 Å². The Kier molecular flexibility index (Phi) is 5.44. The van der Waals surface area contributed by atoms with Crippen LogP contribution in [0, 0.1) is 17.0 Å². The number of nitro benzene ring substituents is 1. The molecule has 0 unspecified atom stereocenters. The second kappa shape index (κ2) is 7.95. The lowest BCUT2D eigenvalue weighted by Crippen LogP contribution is -2.30. The van der Waals surface area contributed by atoms with Gasteiger partial charge in [0.2, 0.25) is 0 Å². The molecule has 0 aromatic heterocycles. The first kappa shape index (κ1) is 19.2. The Bertz CT molecular complexity index is 942. The average Bonchev–Trinajstić information content (AvgIpc) is 2.67. The summed E-state index contributed by atoms with van der Waals surface area (Å²) in [7, 11) is 0. The third-order valence-electron chi connectivity index (χ3n) is 4.18. The molecule has 3 rings (SSSR count). The number of anilines is 1. The first-order chi connectivity index (χ1) is 13.4. The fourth-order valence-corrected chi connectivity index (χ4v) is 2.68. The van der Waals surface area contributed by atoms with Crippen LogP contribution in [-0.4, -0.2) is 36.1 Å². The fraction of sp³-hybridized carbons (Fsp3) is 0.263. The zero-order valence-corrected chi connectivity index (χ0v) is 15.3. The highest BCUT2D eigenvalue weighted by Gasteiger charge is 2.24. The number of hydrogen-bond donors (Lipinski definition) is 1. The van der Waals surface area contributed by atoms with E-state index in [2.05, 4.69) is 5.32 Å². The molecule has 9 heteroatoms. The smallest absolute Gasteiger partial charge is 0.339 e. The van der Waals surface area contributed by atoms with Crippen LogP contribution in [-0.2, 0) is 9.53 Å². The molecule has 1 aliphatic rings. The molecule has 1 heterocycles. The third kappa shape index (κ3) is 4.03. The minimum Gasteiger partial charge on any atom is -0.486 e. The molecule has 0 radical (unpaired) electrons. The molecule has 0 spiro atoms. The van der Waals surface area contributed by atoms with Gasteiger partial charge < -0.3 is 19.5 Å². The van der Waals surface area contributed by atoms with E-state index >= 15 is 0 Å². The molecule has 1 N–H and O–H groups in total. The zero-order valence-electron chi connectivity index (χ0n) is 15.3. The third-order valence-corrected chi connectivity index (χ3v) is 4.18. The molecule has 0 aliphatic carbocycles. The van der Waals surface area contributed by atoms with Crippen molar-refractivity contribution in [3.63, 3.8) is 0 Å². The van der Waals surface area contributed by atoms with Crippen LogP contribution in [0.5, 0.6) is 11.5 Å². The number of carbonyl (C=O) groups is 2. The van der Waals surface area contributed by atoms with Crippen molar-refractivity contribution >= 4 is 23.3 Å². The summed E-state index contributed by atoms with van der Waals surface area (Å²) in [6, 6.07) is 9.03. The molecular weight excluding hydrogens is 368 g/mol. The lowest BCUT2D eigenvalue weighted by Gasteiger charge is -2.19. The maximum Gasteiger partial charge on any atom is 0.339 e. The summed E-state index contributed by atoms with van der Waals surface area (Å²) < 4.78 is 16.0. The normalized spacial score (nSPS) is 13.4. The Morgan fingerprint density at radius 1 is 1.18 bits per heavy atom. The number of carbonyl (C=O) groups excluding carboxylic acids is 2. The molecule has 0 bridgehead atoms. The molecule has 1 amide bonds. The number of nitrogens with one attached hydrogen (secondary N) is 1. The van der Waals surface area contributed by atoms with Gasteiger partial charge in [0.15, 0.2) is 17.6 Å². The van der Waals surface area contributed by atoms with Crippen LogP contribution in [0.3, 0.4) is 0 Å². The topological polar surface area (TPSA) is 117 Å². The van der Waals surface area contributed by atoms with Crippen molar-refractivity contribution in [1.82, 2.24) is 0 Å². The van der Waals surface area contributed by atoms with E-state index in [-0.39, 0.29) is 16.8 Å². The Morgan fingerprint density at radius 2 is 1.89 bits per heavy atom. The van der Waals surface area contributed by atoms with Gasteiger partial charge in [0.05, 0.1) is 10.5 Å². The minimum atomic E-state index is -1.11. The van der Waals surface area contributed by atoms with E-state index in [4.69, 9.17) is 14.2 Å². The van der Waals surface area contributed by atoms with Crippen LogP contribution in [0.25, 0.3) is 0 Å². The Balaban J connectivity index is 1.67. The summed E-state index contributed by atoms with van der Waals surface area (Å²) in [6.45, 7) is 3.75. The SMILES string of the molecule is Cc1c(C(=O)O[C@@H](C)C(=O)Nc2ccc3c(c2)OCCO3)cccc1[N+](=O)[O-]. The van der Waals surface area contributed by atoms with E-state index in [0.29, 0.717) is 30.4 Å². The largest absolute Gasteiger partial charge is 0.486 e. The molecule has 146 valence electrons. The summed E-state index contributed by atoms with van der Waals surface area (Å²) in [5.41, 5.74) is 0.483. The quantitative estimate of drug-likeness (QED) is 0.477. The summed E-state index contributed by atoms with van der Waals surface area (Å²) in [4.78, 5) is 35.1. The predicted molar refractivity (Wildman–Crippen MR) is 98.8 cm³/mol. The summed E-state index contributed by atoms with van der Waals surface area (Å²) in [5, 5.41) is 13.6. The first-order valence-corrected chi connectivity index (χ1v) is 8.52. The van der Waals surface area contributed by atoms with Crippen LogP contribution in [0.15, 0.2) is 36.4 Å². The van der Waals surface area contributed by atoms with Crippen LogP contribution in [0.1, 0.15) is 22.8 Å². The number of esters is 1. The van der Waals surface area contributed by atoms with Crippen molar-refractivity contribution in [2.75, 3.05) is 18.5 Å². The highest BCUT2D eigenvalue weighted by Crippen LogP contribution is 2.32. The molecule has 9 nitrogen and oxygen atoms in total. The number of hydrogen-bond acceptors (Lipinski definition) is 7. The van der Waals surface area contributed by atoms with E-state index in [1.807, 2.05) is 0 Å². The van der Waals surface area contributed by atoms with E-state index in [0.717, 1.165) is 0 Å². The van der Waals surface area contributed by atoms with Crippen molar-refractivity contribution in [2.24, 2.45) is 0 Å². The number of rotatable bonds is 5. The molecule has 28 heavy (non-hydrogen) atoms. The van der Waals surface area contributed by atoms with Gasteiger partial charge >= 0.3 is 5.97 Å². The fourth-order valence-electron chi connectivity index (χ4n) is 2.68. The first-order valence-electron chi connectivity index (χ1n) is 8.52. The second-order valence-electron chi connectivity index (χ2n) is 6.10. The van der Waals surface area contributed by atoms with Gasteiger partial charge in [-0.1, -0.05) is 6.07 Å².